The molecule has 0 bridgehead atoms. The Kier molecular flexibility index (Phi) is 3.89. The maximum absolute atomic E-state index is 9.62. The zero-order valence-corrected chi connectivity index (χ0v) is 4.55. The molecular formula is C2H6NO3P. The Labute approximate surface area is 41.6 Å². The summed E-state index contributed by atoms with van der Waals surface area (Å²) >= 11 is 0. The molecule has 0 aliphatic carbocycles. The summed E-state index contributed by atoms with van der Waals surface area (Å²) in [5.74, 6) is 0. The summed E-state index contributed by atoms with van der Waals surface area (Å²) in [5.41, 5.74) is 0. The Morgan fingerprint density at radius 3 is 2.71 bits per heavy atom. The van der Waals surface area contributed by atoms with Crippen LogP contribution in [-0.4, -0.2) is 17.7 Å². The average molecular weight is 123 g/mol. The lowest BCUT2D eigenvalue weighted by Crippen LogP contribution is -1.83. The van der Waals surface area contributed by atoms with E-state index in [2.05, 4.69) is 4.52 Å². The van der Waals surface area contributed by atoms with Crippen LogP contribution in [0.2, 0.25) is 0 Å². The maximum atomic E-state index is 9.62. The van der Waals surface area contributed by atoms with Gasteiger partial charge < -0.3 is 14.8 Å². The van der Waals surface area contributed by atoms with Gasteiger partial charge in [0.15, 0.2) is 0 Å². The molecule has 0 radical (unpaired) electrons. The van der Waals surface area contributed by atoms with E-state index in [1.807, 2.05) is 0 Å². The molecule has 0 heterocycles. The number of nitrogens with one attached hydrogen (secondary N) is 1. The van der Waals surface area contributed by atoms with Crippen LogP contribution in [0.5, 0.6) is 0 Å². The molecule has 0 fully saturated rings. The minimum atomic E-state index is -2.80. The molecule has 5 heteroatoms. The number of hydrogen-bond donors (Lipinski definition) is 2. The van der Waals surface area contributed by atoms with E-state index < -0.39 is 8.25 Å². The molecule has 0 amide bonds. The fourth-order valence-corrected chi connectivity index (χ4v) is 0.339. The topological polar surface area (TPSA) is 70.4 Å². The summed E-state index contributed by atoms with van der Waals surface area (Å²) in [4.78, 5) is 7.90. The largest absolute Gasteiger partial charge is 0.326 e. The van der Waals surface area contributed by atoms with Gasteiger partial charge in [-0.3, -0.25) is 4.57 Å². The molecule has 0 rings (SSSR count). The lowest BCUT2D eigenvalue weighted by Gasteiger charge is -1.87. The number of hydrogen-bond acceptors (Lipinski definition) is 3. The van der Waals surface area contributed by atoms with Gasteiger partial charge >= 0.3 is 8.25 Å². The summed E-state index contributed by atoms with van der Waals surface area (Å²) in [6.45, 7) is -0.0751. The van der Waals surface area contributed by atoms with Crippen molar-refractivity contribution in [1.29, 1.82) is 5.41 Å². The van der Waals surface area contributed by atoms with Gasteiger partial charge in [-0.15, -0.1) is 0 Å². The van der Waals surface area contributed by atoms with Crippen LogP contribution < -0.4 is 0 Å². The summed E-state index contributed by atoms with van der Waals surface area (Å²) in [6.07, 6.45) is 0.915. The molecule has 4 nitrogen and oxygen atoms in total. The highest BCUT2D eigenvalue weighted by Gasteiger charge is 1.83. The lowest BCUT2D eigenvalue weighted by molar-refractivity contribution is 0.323. The fraction of sp³-hybridized carbons (Fsp3) is 0.500. The van der Waals surface area contributed by atoms with E-state index in [4.69, 9.17) is 10.3 Å². The summed E-state index contributed by atoms with van der Waals surface area (Å²) in [7, 11) is -2.80. The molecule has 0 aromatic carbocycles. The van der Waals surface area contributed by atoms with Gasteiger partial charge in [-0.05, 0) is 0 Å². The van der Waals surface area contributed by atoms with Gasteiger partial charge in [0.2, 0.25) is 0 Å². The van der Waals surface area contributed by atoms with Crippen LogP contribution in [0.15, 0.2) is 0 Å². The zero-order chi connectivity index (χ0) is 5.70. The predicted octanol–water partition coefficient (Wildman–Crippen LogP) is 0.0346. The van der Waals surface area contributed by atoms with Crippen molar-refractivity contribution in [3.63, 3.8) is 0 Å². The smallest absolute Gasteiger partial charge is 0.316 e. The first-order valence-electron chi connectivity index (χ1n) is 1.62. The van der Waals surface area contributed by atoms with E-state index in [0.29, 0.717) is 0 Å². The Morgan fingerprint density at radius 1 is 2.00 bits per heavy atom. The molecule has 0 spiro atoms. The first-order valence-corrected chi connectivity index (χ1v) is 2.88. The lowest BCUT2D eigenvalue weighted by atomic mass is 10.8. The second-order valence-electron chi connectivity index (χ2n) is 0.781. The van der Waals surface area contributed by atoms with Crippen LogP contribution in [0.4, 0.5) is 0 Å². The van der Waals surface area contributed by atoms with Gasteiger partial charge in [0.1, 0.15) is 0 Å². The van der Waals surface area contributed by atoms with Crippen LogP contribution in [-0.2, 0) is 9.09 Å². The van der Waals surface area contributed by atoms with Crippen molar-refractivity contribution in [1.82, 2.24) is 0 Å². The molecule has 0 saturated carbocycles. The first-order chi connectivity index (χ1) is 3.27. The van der Waals surface area contributed by atoms with Gasteiger partial charge in [-0.2, -0.15) is 0 Å². The van der Waals surface area contributed by atoms with Crippen molar-refractivity contribution in [3.8, 4) is 0 Å². The van der Waals surface area contributed by atoms with Crippen LogP contribution in [0.25, 0.3) is 0 Å². The molecule has 7 heavy (non-hydrogen) atoms. The van der Waals surface area contributed by atoms with E-state index in [9.17, 15) is 4.57 Å². The van der Waals surface area contributed by atoms with Gasteiger partial charge in [0.05, 0.1) is 6.61 Å². The second-order valence-corrected chi connectivity index (χ2v) is 1.60. The SMILES string of the molecule is N=CCO[PH](=O)O. The average Bonchev–Trinajstić information content (AvgIpc) is 1.61. The van der Waals surface area contributed by atoms with Crippen molar-refractivity contribution in [3.05, 3.63) is 0 Å². The van der Waals surface area contributed by atoms with Gasteiger partial charge in [-0.1, -0.05) is 0 Å². The number of rotatable bonds is 3. The molecule has 42 valence electrons. The zero-order valence-electron chi connectivity index (χ0n) is 3.55. The molecule has 0 aliphatic heterocycles. The van der Waals surface area contributed by atoms with Crippen LogP contribution in [0.1, 0.15) is 0 Å². The Bertz CT molecular complexity index is 83.0. The van der Waals surface area contributed by atoms with E-state index in [0.717, 1.165) is 6.21 Å². The van der Waals surface area contributed by atoms with Crippen LogP contribution >= 0.6 is 8.25 Å². The van der Waals surface area contributed by atoms with E-state index in [-0.39, 0.29) is 6.61 Å². The Morgan fingerprint density at radius 2 is 2.57 bits per heavy atom. The molecular weight excluding hydrogens is 117 g/mol. The Hall–Kier alpha value is -0.180. The third kappa shape index (κ3) is 5.82. The van der Waals surface area contributed by atoms with Gasteiger partial charge in [0.25, 0.3) is 0 Å². The first kappa shape index (κ1) is 6.82. The molecule has 1 atom stereocenters. The highest BCUT2D eigenvalue weighted by Crippen LogP contribution is 2.11. The third-order valence-corrected chi connectivity index (χ3v) is 0.704. The van der Waals surface area contributed by atoms with Crippen molar-refractivity contribution < 1.29 is 14.0 Å². The Balaban J connectivity index is 2.97. The monoisotopic (exact) mass is 123 g/mol. The van der Waals surface area contributed by atoms with Crippen LogP contribution in [0, 0.1) is 5.41 Å². The fourth-order valence-electron chi connectivity index (χ4n) is 0.113. The van der Waals surface area contributed by atoms with Crippen molar-refractivity contribution in [2.45, 2.75) is 0 Å². The van der Waals surface area contributed by atoms with Gasteiger partial charge in [-0.25, -0.2) is 0 Å². The predicted molar refractivity (Wildman–Crippen MR) is 26.0 cm³/mol. The normalized spacial score (nSPS) is 13.3. The van der Waals surface area contributed by atoms with E-state index in [1.54, 1.807) is 0 Å². The molecule has 0 aliphatic rings. The highest BCUT2D eigenvalue weighted by molar-refractivity contribution is 7.32. The summed E-state index contributed by atoms with van der Waals surface area (Å²) in [5, 5.41) is 6.31. The van der Waals surface area contributed by atoms with E-state index >= 15 is 0 Å². The summed E-state index contributed by atoms with van der Waals surface area (Å²) in [6, 6.07) is 0. The van der Waals surface area contributed by atoms with Gasteiger partial charge in [0, 0.05) is 6.21 Å². The van der Waals surface area contributed by atoms with Crippen molar-refractivity contribution in [2.75, 3.05) is 6.61 Å². The van der Waals surface area contributed by atoms with Crippen LogP contribution in [0.3, 0.4) is 0 Å². The summed E-state index contributed by atoms with van der Waals surface area (Å²) < 4.78 is 13.7. The second kappa shape index (κ2) is 3.99. The van der Waals surface area contributed by atoms with Crippen molar-refractivity contribution >= 4 is 14.5 Å². The molecule has 2 N–H and O–H groups in total. The quantitative estimate of drug-likeness (QED) is 0.411. The molecule has 1 unspecified atom stereocenters. The maximum Gasteiger partial charge on any atom is 0.316 e. The molecule has 0 aromatic heterocycles. The minimum Gasteiger partial charge on any atom is -0.326 e. The standard InChI is InChI=1S/C2H6NO3P/c3-1-2-6-7(4)5/h1,3,7H,2H2,(H,4,5). The third-order valence-electron chi connectivity index (χ3n) is 0.290. The van der Waals surface area contributed by atoms with Crippen molar-refractivity contribution in [2.24, 2.45) is 0 Å². The highest BCUT2D eigenvalue weighted by atomic mass is 31.1. The molecule has 0 saturated heterocycles. The van der Waals surface area contributed by atoms with E-state index in [1.165, 1.54) is 0 Å². The molecule has 0 aromatic rings. The minimum absolute atomic E-state index is 0.0751.